The number of anilines is 1. The first kappa shape index (κ1) is 19.8. The van der Waals surface area contributed by atoms with Crippen LogP contribution in [0.1, 0.15) is 10.5 Å². The van der Waals surface area contributed by atoms with Crippen molar-refractivity contribution < 1.29 is 9.53 Å². The van der Waals surface area contributed by atoms with Crippen LogP contribution in [0, 0.1) is 0 Å². The van der Waals surface area contributed by atoms with Crippen LogP contribution in [0.2, 0.25) is 0 Å². The summed E-state index contributed by atoms with van der Waals surface area (Å²) in [5, 5.41) is 6.38. The minimum Gasteiger partial charge on any atom is -0.379 e. The summed E-state index contributed by atoms with van der Waals surface area (Å²) in [5.41, 5.74) is 2.26. The summed E-state index contributed by atoms with van der Waals surface area (Å²) in [4.78, 5) is 27.8. The lowest BCUT2D eigenvalue weighted by atomic mass is 10.2. The number of hydrogen-bond donors (Lipinski definition) is 1. The highest BCUT2D eigenvalue weighted by Crippen LogP contribution is 2.23. The third kappa shape index (κ3) is 4.48. The number of nitrogens with one attached hydrogen (secondary N) is 1. The van der Waals surface area contributed by atoms with Gasteiger partial charge in [0.2, 0.25) is 0 Å². The molecule has 0 saturated carbocycles. The molecule has 0 aliphatic carbocycles. The Labute approximate surface area is 183 Å². The fourth-order valence-electron chi connectivity index (χ4n) is 3.63. The molecule has 1 saturated heterocycles. The van der Waals surface area contributed by atoms with Gasteiger partial charge in [-0.25, -0.2) is 15.0 Å². The fourth-order valence-corrected chi connectivity index (χ4v) is 4.38. The van der Waals surface area contributed by atoms with Gasteiger partial charge < -0.3 is 14.6 Å². The molecule has 31 heavy (non-hydrogen) atoms. The summed E-state index contributed by atoms with van der Waals surface area (Å²) in [6.07, 6.45) is 5.42. The van der Waals surface area contributed by atoms with Gasteiger partial charge in [0.05, 0.1) is 13.2 Å². The Morgan fingerprint density at radius 2 is 1.97 bits per heavy atom. The molecule has 5 rings (SSSR count). The van der Waals surface area contributed by atoms with Gasteiger partial charge in [-0.05, 0) is 30.3 Å². The molecule has 4 aromatic rings. The standard InChI is InChI=1S/C22H22N6O2S/c29-21(18-15-31-22(26-18)20-23-5-1-6-24-20)25-17-2-3-19-16(14-17)4-7-28(19)9-8-27-10-12-30-13-11-27/h1-7,14-15H,8-13H2,(H,25,29). The zero-order chi connectivity index (χ0) is 21.0. The lowest BCUT2D eigenvalue weighted by Gasteiger charge is -2.26. The van der Waals surface area contributed by atoms with Crippen LogP contribution in [0.4, 0.5) is 5.69 Å². The average Bonchev–Trinajstić information content (AvgIpc) is 3.46. The molecular formula is C22H22N6O2S. The summed E-state index contributed by atoms with van der Waals surface area (Å²) < 4.78 is 7.67. The Bertz CT molecular complexity index is 1180. The lowest BCUT2D eigenvalue weighted by molar-refractivity contribution is 0.0365. The van der Waals surface area contributed by atoms with Crippen molar-refractivity contribution in [3.8, 4) is 10.8 Å². The van der Waals surface area contributed by atoms with E-state index in [2.05, 4.69) is 48.1 Å². The Kier molecular flexibility index (Phi) is 5.70. The maximum atomic E-state index is 12.6. The van der Waals surface area contributed by atoms with Crippen LogP contribution in [0.15, 0.2) is 54.3 Å². The number of carbonyl (C=O) groups excluding carboxylic acids is 1. The number of hydrogen-bond acceptors (Lipinski definition) is 7. The number of nitrogens with zero attached hydrogens (tertiary/aromatic N) is 5. The number of thiazole rings is 1. The van der Waals surface area contributed by atoms with Crippen LogP contribution in [-0.4, -0.2) is 63.2 Å². The Morgan fingerprint density at radius 1 is 1.13 bits per heavy atom. The van der Waals surface area contributed by atoms with E-state index < -0.39 is 0 Å². The minimum atomic E-state index is -0.246. The molecule has 1 aliphatic rings. The minimum absolute atomic E-state index is 0.246. The van der Waals surface area contributed by atoms with Crippen LogP contribution in [0.5, 0.6) is 0 Å². The van der Waals surface area contributed by atoms with E-state index >= 15 is 0 Å². The molecule has 4 heterocycles. The van der Waals surface area contributed by atoms with E-state index in [1.807, 2.05) is 12.1 Å². The fraction of sp³-hybridized carbons (Fsp3) is 0.273. The third-order valence-electron chi connectivity index (χ3n) is 5.28. The molecule has 1 fully saturated rings. The van der Waals surface area contributed by atoms with Crippen LogP contribution in [-0.2, 0) is 11.3 Å². The average molecular weight is 435 g/mol. The second-order valence-electron chi connectivity index (χ2n) is 7.30. The Balaban J connectivity index is 1.25. The first-order valence-corrected chi connectivity index (χ1v) is 11.1. The SMILES string of the molecule is O=C(Nc1ccc2c(ccn2CCN2CCOCC2)c1)c1csc(-c2ncccn2)n1. The number of carbonyl (C=O) groups is 1. The maximum absolute atomic E-state index is 12.6. The van der Waals surface area contributed by atoms with Crippen LogP contribution in [0.3, 0.4) is 0 Å². The summed E-state index contributed by atoms with van der Waals surface area (Å²) in [7, 11) is 0. The monoisotopic (exact) mass is 434 g/mol. The molecule has 0 radical (unpaired) electrons. The van der Waals surface area contributed by atoms with Gasteiger partial charge in [-0.15, -0.1) is 11.3 Å². The normalized spacial score (nSPS) is 14.7. The Hall–Kier alpha value is -3.14. The van der Waals surface area contributed by atoms with Crippen molar-refractivity contribution >= 4 is 33.8 Å². The molecule has 0 atom stereocenters. The molecule has 1 aromatic carbocycles. The molecule has 1 aliphatic heterocycles. The van der Waals surface area contributed by atoms with Gasteiger partial charge in [-0.2, -0.15) is 0 Å². The second-order valence-corrected chi connectivity index (χ2v) is 8.16. The highest BCUT2D eigenvalue weighted by Gasteiger charge is 2.14. The van der Waals surface area contributed by atoms with Crippen molar-refractivity contribution in [2.24, 2.45) is 0 Å². The van der Waals surface area contributed by atoms with Gasteiger partial charge in [0.15, 0.2) is 10.8 Å². The van der Waals surface area contributed by atoms with E-state index in [0.29, 0.717) is 16.5 Å². The molecule has 1 N–H and O–H groups in total. The van der Waals surface area contributed by atoms with E-state index in [1.165, 1.54) is 11.3 Å². The van der Waals surface area contributed by atoms with Crippen LogP contribution >= 0.6 is 11.3 Å². The summed E-state index contributed by atoms with van der Waals surface area (Å²) in [6, 6.07) is 9.80. The summed E-state index contributed by atoms with van der Waals surface area (Å²) >= 11 is 1.35. The highest BCUT2D eigenvalue weighted by molar-refractivity contribution is 7.13. The van der Waals surface area contributed by atoms with Gasteiger partial charge in [-0.3, -0.25) is 9.69 Å². The highest BCUT2D eigenvalue weighted by atomic mass is 32.1. The van der Waals surface area contributed by atoms with Crippen molar-refractivity contribution in [3.63, 3.8) is 0 Å². The van der Waals surface area contributed by atoms with Gasteiger partial charge in [0, 0.05) is 66.7 Å². The number of fused-ring (bicyclic) bond motifs is 1. The molecule has 158 valence electrons. The van der Waals surface area contributed by atoms with E-state index in [0.717, 1.165) is 56.0 Å². The van der Waals surface area contributed by atoms with Gasteiger partial charge >= 0.3 is 0 Å². The van der Waals surface area contributed by atoms with Crippen molar-refractivity contribution in [1.29, 1.82) is 0 Å². The number of benzene rings is 1. The second kappa shape index (κ2) is 8.93. The predicted molar refractivity (Wildman–Crippen MR) is 120 cm³/mol. The van der Waals surface area contributed by atoms with Gasteiger partial charge in [0.1, 0.15) is 5.69 Å². The van der Waals surface area contributed by atoms with Crippen LogP contribution < -0.4 is 5.32 Å². The van der Waals surface area contributed by atoms with E-state index in [9.17, 15) is 4.79 Å². The van der Waals surface area contributed by atoms with E-state index in [-0.39, 0.29) is 5.91 Å². The Morgan fingerprint density at radius 3 is 2.81 bits per heavy atom. The van der Waals surface area contributed by atoms with Gasteiger partial charge in [-0.1, -0.05) is 0 Å². The van der Waals surface area contributed by atoms with Crippen LogP contribution in [0.25, 0.3) is 21.7 Å². The topological polar surface area (TPSA) is 85.2 Å². The zero-order valence-corrected chi connectivity index (χ0v) is 17.7. The van der Waals surface area contributed by atoms with Crippen molar-refractivity contribution in [2.45, 2.75) is 6.54 Å². The molecule has 1 amide bonds. The number of morpholine rings is 1. The number of amides is 1. The molecule has 0 unspecified atom stereocenters. The van der Waals surface area contributed by atoms with Crippen molar-refractivity contribution in [1.82, 2.24) is 24.4 Å². The van der Waals surface area contributed by atoms with E-state index in [4.69, 9.17) is 4.74 Å². The molecule has 9 heteroatoms. The first-order valence-electron chi connectivity index (χ1n) is 10.2. The number of rotatable bonds is 6. The lowest BCUT2D eigenvalue weighted by Crippen LogP contribution is -2.38. The predicted octanol–water partition coefficient (Wildman–Crippen LogP) is 3.14. The maximum Gasteiger partial charge on any atom is 0.275 e. The number of aromatic nitrogens is 4. The first-order chi connectivity index (χ1) is 15.3. The summed E-state index contributed by atoms with van der Waals surface area (Å²) in [5.74, 6) is 0.274. The third-order valence-corrected chi connectivity index (χ3v) is 6.12. The molecule has 0 bridgehead atoms. The largest absolute Gasteiger partial charge is 0.379 e. The van der Waals surface area contributed by atoms with E-state index in [1.54, 1.807) is 23.8 Å². The number of ether oxygens (including phenoxy) is 1. The smallest absolute Gasteiger partial charge is 0.275 e. The molecule has 3 aromatic heterocycles. The zero-order valence-electron chi connectivity index (χ0n) is 16.9. The molecule has 8 nitrogen and oxygen atoms in total. The molecular weight excluding hydrogens is 412 g/mol. The quantitative estimate of drug-likeness (QED) is 0.502. The van der Waals surface area contributed by atoms with Crippen molar-refractivity contribution in [2.75, 3.05) is 38.2 Å². The van der Waals surface area contributed by atoms with Gasteiger partial charge in [0.25, 0.3) is 5.91 Å². The van der Waals surface area contributed by atoms with Crippen molar-refractivity contribution in [3.05, 3.63) is 60.0 Å². The summed E-state index contributed by atoms with van der Waals surface area (Å²) in [6.45, 7) is 5.54. The molecule has 0 spiro atoms.